The van der Waals surface area contributed by atoms with E-state index in [2.05, 4.69) is 9.78 Å². The molecule has 116 valence electrons. The van der Waals surface area contributed by atoms with Crippen LogP contribution in [0.1, 0.15) is 18.5 Å². The van der Waals surface area contributed by atoms with E-state index in [1.54, 1.807) is 17.7 Å². The fourth-order valence-electron chi connectivity index (χ4n) is 3.35. The summed E-state index contributed by atoms with van der Waals surface area (Å²) in [5.41, 5.74) is 5.58. The van der Waals surface area contributed by atoms with Crippen molar-refractivity contribution < 1.29 is 0 Å². The third kappa shape index (κ3) is 2.40. The average molecular weight is 305 g/mol. The van der Waals surface area contributed by atoms with Gasteiger partial charge in [-0.3, -0.25) is 9.48 Å². The van der Waals surface area contributed by atoms with Crippen molar-refractivity contribution in [3.63, 3.8) is 0 Å². The Morgan fingerprint density at radius 2 is 1.87 bits per heavy atom. The van der Waals surface area contributed by atoms with Crippen LogP contribution in [0.3, 0.4) is 0 Å². The fourth-order valence-corrected chi connectivity index (χ4v) is 3.35. The minimum Gasteiger partial charge on any atom is -0.318 e. The third-order valence-corrected chi connectivity index (χ3v) is 4.59. The minimum atomic E-state index is 0.00800. The first kappa shape index (κ1) is 14.0. The highest BCUT2D eigenvalue weighted by atomic mass is 16.1. The van der Waals surface area contributed by atoms with Crippen LogP contribution in [0.4, 0.5) is 0 Å². The van der Waals surface area contributed by atoms with E-state index in [1.807, 2.05) is 42.7 Å². The summed E-state index contributed by atoms with van der Waals surface area (Å²) < 4.78 is 3.76. The zero-order valence-electron chi connectivity index (χ0n) is 13.2. The fraction of sp³-hybridized carbons (Fsp3) is 0.263. The van der Waals surface area contributed by atoms with Crippen LogP contribution < -0.4 is 5.56 Å². The molecule has 4 nitrogen and oxygen atoms in total. The second-order valence-corrected chi connectivity index (χ2v) is 6.10. The van der Waals surface area contributed by atoms with Crippen LogP contribution in [0.5, 0.6) is 0 Å². The first-order valence-corrected chi connectivity index (χ1v) is 8.05. The average Bonchev–Trinajstić information content (AvgIpc) is 3.02. The highest BCUT2D eigenvalue weighted by Gasteiger charge is 2.19. The lowest BCUT2D eigenvalue weighted by atomic mass is 9.94. The summed E-state index contributed by atoms with van der Waals surface area (Å²) in [6.45, 7) is 0.988. The molecule has 0 atom stereocenters. The molecule has 4 heteroatoms. The van der Waals surface area contributed by atoms with E-state index in [1.165, 1.54) is 18.5 Å². The Morgan fingerprint density at radius 1 is 1.04 bits per heavy atom. The molecule has 1 aromatic carbocycles. The number of fused-ring (bicyclic) bond motifs is 1. The molecule has 1 aliphatic heterocycles. The lowest BCUT2D eigenvalue weighted by Gasteiger charge is -2.16. The number of aromatic nitrogens is 3. The Bertz CT molecular complexity index is 906. The Kier molecular flexibility index (Phi) is 3.37. The van der Waals surface area contributed by atoms with Gasteiger partial charge in [-0.05, 0) is 30.4 Å². The molecule has 1 aliphatic rings. The van der Waals surface area contributed by atoms with Gasteiger partial charge in [-0.1, -0.05) is 30.3 Å². The van der Waals surface area contributed by atoms with E-state index in [0.717, 1.165) is 35.2 Å². The largest absolute Gasteiger partial charge is 0.318 e. The molecule has 3 heterocycles. The summed E-state index contributed by atoms with van der Waals surface area (Å²) >= 11 is 0. The van der Waals surface area contributed by atoms with Crippen LogP contribution in [0.25, 0.3) is 22.3 Å². The molecule has 0 saturated carbocycles. The van der Waals surface area contributed by atoms with Gasteiger partial charge in [-0.2, -0.15) is 5.10 Å². The van der Waals surface area contributed by atoms with Crippen molar-refractivity contribution in [3.8, 4) is 22.3 Å². The minimum absolute atomic E-state index is 0.00800. The molecule has 0 amide bonds. The van der Waals surface area contributed by atoms with Gasteiger partial charge in [0.25, 0.3) is 5.56 Å². The summed E-state index contributed by atoms with van der Waals surface area (Å²) in [5.74, 6) is 0. The van der Waals surface area contributed by atoms with Gasteiger partial charge in [0, 0.05) is 42.7 Å². The van der Waals surface area contributed by atoms with Crippen molar-refractivity contribution in [2.24, 2.45) is 7.05 Å². The van der Waals surface area contributed by atoms with E-state index in [-0.39, 0.29) is 5.56 Å². The predicted octanol–water partition coefficient (Wildman–Crippen LogP) is 3.25. The molecule has 0 spiro atoms. The third-order valence-electron chi connectivity index (χ3n) is 4.59. The van der Waals surface area contributed by atoms with Crippen molar-refractivity contribution in [1.82, 2.24) is 14.3 Å². The smallest absolute Gasteiger partial charge is 0.250 e. The zero-order valence-corrected chi connectivity index (χ0v) is 13.2. The maximum absolute atomic E-state index is 12.2. The monoisotopic (exact) mass is 305 g/mol. The quantitative estimate of drug-likeness (QED) is 0.729. The molecule has 4 rings (SSSR count). The van der Waals surface area contributed by atoms with Crippen molar-refractivity contribution in [2.45, 2.75) is 25.8 Å². The molecule has 0 saturated heterocycles. The van der Waals surface area contributed by atoms with E-state index >= 15 is 0 Å². The molecule has 0 radical (unpaired) electrons. The highest BCUT2D eigenvalue weighted by molar-refractivity contribution is 5.83. The number of hydrogen-bond acceptors (Lipinski definition) is 2. The van der Waals surface area contributed by atoms with Gasteiger partial charge in [0.05, 0.1) is 6.20 Å². The van der Waals surface area contributed by atoms with Crippen molar-refractivity contribution in [1.29, 1.82) is 0 Å². The van der Waals surface area contributed by atoms with Crippen LogP contribution in [0.15, 0.2) is 53.6 Å². The van der Waals surface area contributed by atoms with Gasteiger partial charge in [0.1, 0.15) is 0 Å². The second kappa shape index (κ2) is 5.54. The molecular formula is C19H19N3O. The Balaban J connectivity index is 1.96. The standard InChI is InChI=1S/C19H19N3O/c1-21-13-17(16-12-20-22-10-6-5-9-18(16)22)15(11-19(21)23)14-7-3-2-4-8-14/h2-4,7-8,11-13H,5-6,9-10H2,1H3. The molecule has 3 aromatic rings. The van der Waals surface area contributed by atoms with E-state index in [9.17, 15) is 4.79 Å². The molecule has 0 aliphatic carbocycles. The Morgan fingerprint density at radius 3 is 2.70 bits per heavy atom. The number of benzene rings is 1. The van der Waals surface area contributed by atoms with Crippen LogP contribution >= 0.6 is 0 Å². The Hall–Kier alpha value is -2.62. The maximum Gasteiger partial charge on any atom is 0.250 e. The highest BCUT2D eigenvalue weighted by Crippen LogP contribution is 2.34. The number of aryl methyl sites for hydroxylation is 2. The topological polar surface area (TPSA) is 39.8 Å². The molecule has 2 aromatic heterocycles. The van der Waals surface area contributed by atoms with E-state index < -0.39 is 0 Å². The van der Waals surface area contributed by atoms with Crippen LogP contribution in [0.2, 0.25) is 0 Å². The molecular weight excluding hydrogens is 286 g/mol. The van der Waals surface area contributed by atoms with E-state index in [0.29, 0.717) is 0 Å². The molecule has 0 bridgehead atoms. The summed E-state index contributed by atoms with van der Waals surface area (Å²) in [4.78, 5) is 12.2. The lowest BCUT2D eigenvalue weighted by molar-refractivity contribution is 0.487. The predicted molar refractivity (Wildman–Crippen MR) is 91.3 cm³/mol. The molecule has 0 fully saturated rings. The molecule has 0 unspecified atom stereocenters. The van der Waals surface area contributed by atoms with E-state index in [4.69, 9.17) is 0 Å². The van der Waals surface area contributed by atoms with Crippen molar-refractivity contribution in [2.75, 3.05) is 0 Å². The van der Waals surface area contributed by atoms with Crippen LogP contribution in [-0.4, -0.2) is 14.3 Å². The van der Waals surface area contributed by atoms with Gasteiger partial charge in [0.15, 0.2) is 0 Å². The first-order valence-electron chi connectivity index (χ1n) is 8.05. The number of nitrogens with zero attached hydrogens (tertiary/aromatic N) is 3. The van der Waals surface area contributed by atoms with Gasteiger partial charge in [0.2, 0.25) is 0 Å². The number of pyridine rings is 1. The summed E-state index contributed by atoms with van der Waals surface area (Å²) in [7, 11) is 1.80. The second-order valence-electron chi connectivity index (χ2n) is 6.10. The van der Waals surface area contributed by atoms with Gasteiger partial charge in [-0.25, -0.2) is 0 Å². The SMILES string of the molecule is Cn1cc(-c2cnn3c2CCCC3)c(-c2ccccc2)cc1=O. The molecule has 0 N–H and O–H groups in total. The van der Waals surface area contributed by atoms with Gasteiger partial charge in [-0.15, -0.1) is 0 Å². The Labute approximate surface area is 135 Å². The molecule has 23 heavy (non-hydrogen) atoms. The number of rotatable bonds is 2. The summed E-state index contributed by atoms with van der Waals surface area (Å²) in [6, 6.07) is 11.8. The first-order chi connectivity index (χ1) is 11.2. The maximum atomic E-state index is 12.2. The summed E-state index contributed by atoms with van der Waals surface area (Å²) in [6.07, 6.45) is 7.33. The van der Waals surface area contributed by atoms with Crippen LogP contribution in [0, 0.1) is 0 Å². The van der Waals surface area contributed by atoms with Crippen molar-refractivity contribution >= 4 is 0 Å². The zero-order chi connectivity index (χ0) is 15.8. The summed E-state index contributed by atoms with van der Waals surface area (Å²) in [5, 5.41) is 4.55. The van der Waals surface area contributed by atoms with Gasteiger partial charge < -0.3 is 4.57 Å². The van der Waals surface area contributed by atoms with Crippen molar-refractivity contribution in [3.05, 3.63) is 64.8 Å². The van der Waals surface area contributed by atoms with Gasteiger partial charge >= 0.3 is 0 Å². The van der Waals surface area contributed by atoms with Crippen LogP contribution in [-0.2, 0) is 20.0 Å². The lowest BCUT2D eigenvalue weighted by Crippen LogP contribution is -2.16. The number of hydrogen-bond donors (Lipinski definition) is 0. The normalized spacial score (nSPS) is 13.8.